The second-order valence-electron chi connectivity index (χ2n) is 3.43. The Morgan fingerprint density at radius 3 is 2.73 bits per heavy atom. The van der Waals surface area contributed by atoms with Crippen molar-refractivity contribution in [2.24, 2.45) is 0 Å². The summed E-state index contributed by atoms with van der Waals surface area (Å²) >= 11 is 1.21. The predicted octanol–water partition coefficient (Wildman–Crippen LogP) is 0.468. The first kappa shape index (κ1) is 12.3. The van der Waals surface area contributed by atoms with Gasteiger partial charge in [0.2, 0.25) is 0 Å². The van der Waals surface area contributed by atoms with Crippen LogP contribution >= 0.6 is 11.8 Å². The molecule has 0 aromatic carbocycles. The Morgan fingerprint density at radius 1 is 1.60 bits per heavy atom. The van der Waals surface area contributed by atoms with E-state index in [1.807, 2.05) is 0 Å². The Bertz CT molecular complexity index is 258. The van der Waals surface area contributed by atoms with E-state index < -0.39 is 6.09 Å². The van der Waals surface area contributed by atoms with Gasteiger partial charge in [0.15, 0.2) is 5.12 Å². The van der Waals surface area contributed by atoms with Crippen LogP contribution in [0.1, 0.15) is 13.3 Å². The monoisotopic (exact) mass is 233 g/mol. The van der Waals surface area contributed by atoms with Crippen LogP contribution in [0.3, 0.4) is 0 Å². The van der Waals surface area contributed by atoms with Crippen molar-refractivity contribution in [3.8, 4) is 0 Å². The molecular formula is C9H15NO4S. The molecule has 5 nitrogen and oxygen atoms in total. The van der Waals surface area contributed by atoms with Gasteiger partial charge >= 0.3 is 6.09 Å². The molecule has 0 unspecified atom stereocenters. The number of hydrogen-bond acceptors (Lipinski definition) is 5. The number of nitrogens with zero attached hydrogens (tertiary/aromatic N) is 1. The van der Waals surface area contributed by atoms with Gasteiger partial charge in [0.05, 0.1) is 19.8 Å². The van der Waals surface area contributed by atoms with E-state index in [0.29, 0.717) is 13.0 Å². The lowest BCUT2D eigenvalue weighted by Gasteiger charge is -2.20. The Balaban J connectivity index is 2.58. The number of thioether (sulfide) groups is 1. The number of ether oxygens (including phenoxy) is 1. The largest absolute Gasteiger partial charge is 0.453 e. The van der Waals surface area contributed by atoms with Gasteiger partial charge in [-0.25, -0.2) is 4.79 Å². The zero-order chi connectivity index (χ0) is 11.4. The van der Waals surface area contributed by atoms with Crippen LogP contribution in [0.15, 0.2) is 0 Å². The smallest absolute Gasteiger partial charge is 0.409 e. The number of aliphatic hydroxyl groups is 1. The zero-order valence-corrected chi connectivity index (χ0v) is 9.62. The SMILES string of the molecule is COC(=O)N1C[C@@H](SC(C)=O)C[C@H]1CO. The van der Waals surface area contributed by atoms with E-state index >= 15 is 0 Å². The Labute approximate surface area is 92.8 Å². The number of hydrogen-bond donors (Lipinski definition) is 1. The van der Waals surface area contributed by atoms with Crippen LogP contribution in [0.2, 0.25) is 0 Å². The Kier molecular flexibility index (Phi) is 4.41. The fourth-order valence-corrected chi connectivity index (χ4v) is 2.73. The lowest BCUT2D eigenvalue weighted by Crippen LogP contribution is -2.37. The van der Waals surface area contributed by atoms with Gasteiger partial charge in [0.25, 0.3) is 0 Å². The van der Waals surface area contributed by atoms with E-state index in [4.69, 9.17) is 5.11 Å². The van der Waals surface area contributed by atoms with Crippen LogP contribution in [-0.2, 0) is 9.53 Å². The molecule has 1 N–H and O–H groups in total. The normalized spacial score (nSPS) is 25.4. The molecule has 86 valence electrons. The van der Waals surface area contributed by atoms with Gasteiger partial charge in [-0.15, -0.1) is 0 Å². The number of aliphatic hydroxyl groups excluding tert-OH is 1. The van der Waals surface area contributed by atoms with Gasteiger partial charge in [0.1, 0.15) is 0 Å². The van der Waals surface area contributed by atoms with E-state index in [9.17, 15) is 9.59 Å². The molecule has 2 atom stereocenters. The molecule has 1 fully saturated rings. The fraction of sp³-hybridized carbons (Fsp3) is 0.778. The molecule has 0 aromatic rings. The summed E-state index contributed by atoms with van der Waals surface area (Å²) in [4.78, 5) is 23.7. The van der Waals surface area contributed by atoms with E-state index in [1.54, 1.807) is 0 Å². The summed E-state index contributed by atoms with van der Waals surface area (Å²) in [6.45, 7) is 1.87. The van der Waals surface area contributed by atoms with Crippen molar-refractivity contribution in [3.63, 3.8) is 0 Å². The third kappa shape index (κ3) is 3.10. The minimum Gasteiger partial charge on any atom is -0.453 e. The first-order valence-corrected chi connectivity index (χ1v) is 5.59. The Hall–Kier alpha value is -0.750. The van der Waals surface area contributed by atoms with E-state index in [-0.39, 0.29) is 23.0 Å². The molecule has 1 aliphatic heterocycles. The molecule has 1 amide bonds. The summed E-state index contributed by atoms with van der Waals surface area (Å²) in [5, 5.41) is 9.19. The topological polar surface area (TPSA) is 66.8 Å². The summed E-state index contributed by atoms with van der Waals surface area (Å²) in [6.07, 6.45) is 0.191. The predicted molar refractivity (Wildman–Crippen MR) is 56.7 cm³/mol. The molecule has 1 rings (SSSR count). The average molecular weight is 233 g/mol. The average Bonchev–Trinajstić information content (AvgIpc) is 2.58. The maximum Gasteiger partial charge on any atom is 0.409 e. The van der Waals surface area contributed by atoms with Crippen LogP contribution in [-0.4, -0.2) is 52.8 Å². The standard InChI is InChI=1S/C9H15NO4S/c1-6(12)15-8-3-7(5-11)10(4-8)9(13)14-2/h7-8,11H,3-5H2,1-2H3/t7-,8-/m0/s1. The minimum absolute atomic E-state index is 0.0309. The summed E-state index contributed by atoms with van der Waals surface area (Å²) in [6, 6.07) is -0.228. The van der Waals surface area contributed by atoms with Crippen molar-refractivity contribution >= 4 is 23.0 Å². The van der Waals surface area contributed by atoms with Crippen molar-refractivity contribution in [2.75, 3.05) is 20.3 Å². The highest BCUT2D eigenvalue weighted by Crippen LogP contribution is 2.28. The second-order valence-corrected chi connectivity index (χ2v) is 4.90. The van der Waals surface area contributed by atoms with Crippen molar-refractivity contribution in [1.82, 2.24) is 4.90 Å². The molecule has 0 aliphatic carbocycles. The second kappa shape index (κ2) is 5.37. The lowest BCUT2D eigenvalue weighted by atomic mass is 10.2. The number of carbonyl (C=O) groups excluding carboxylic acids is 2. The maximum atomic E-state index is 11.3. The van der Waals surface area contributed by atoms with Crippen LogP contribution in [0.25, 0.3) is 0 Å². The summed E-state index contributed by atoms with van der Waals surface area (Å²) in [7, 11) is 1.31. The molecule has 1 heterocycles. The Morgan fingerprint density at radius 2 is 2.27 bits per heavy atom. The molecule has 0 radical (unpaired) electrons. The van der Waals surface area contributed by atoms with E-state index in [0.717, 1.165) is 0 Å². The van der Waals surface area contributed by atoms with Crippen LogP contribution in [0.5, 0.6) is 0 Å². The zero-order valence-electron chi connectivity index (χ0n) is 8.80. The van der Waals surface area contributed by atoms with Gasteiger partial charge in [-0.2, -0.15) is 0 Å². The van der Waals surface area contributed by atoms with Crippen molar-refractivity contribution in [2.45, 2.75) is 24.6 Å². The number of rotatable bonds is 2. The molecule has 1 aliphatic rings. The molecular weight excluding hydrogens is 218 g/mol. The van der Waals surface area contributed by atoms with Gasteiger partial charge in [0, 0.05) is 18.7 Å². The third-order valence-electron chi connectivity index (χ3n) is 2.33. The first-order valence-electron chi connectivity index (χ1n) is 4.71. The van der Waals surface area contributed by atoms with Crippen LogP contribution < -0.4 is 0 Å². The molecule has 15 heavy (non-hydrogen) atoms. The third-order valence-corrected chi connectivity index (χ3v) is 3.34. The van der Waals surface area contributed by atoms with Crippen molar-refractivity contribution in [1.29, 1.82) is 0 Å². The first-order chi connectivity index (χ1) is 7.08. The number of amides is 1. The van der Waals surface area contributed by atoms with Gasteiger partial charge in [-0.05, 0) is 6.42 Å². The number of carbonyl (C=O) groups is 2. The number of likely N-dealkylation sites (tertiary alicyclic amines) is 1. The van der Waals surface area contributed by atoms with Gasteiger partial charge in [-0.1, -0.05) is 11.8 Å². The summed E-state index contributed by atoms with van der Waals surface area (Å²) in [5.74, 6) is 0. The lowest BCUT2D eigenvalue weighted by molar-refractivity contribution is -0.109. The highest BCUT2D eigenvalue weighted by atomic mass is 32.2. The van der Waals surface area contributed by atoms with Crippen molar-refractivity contribution in [3.05, 3.63) is 0 Å². The summed E-state index contributed by atoms with van der Waals surface area (Å²) < 4.78 is 4.60. The molecule has 0 bridgehead atoms. The highest BCUT2D eigenvalue weighted by Gasteiger charge is 2.36. The molecule has 0 saturated carbocycles. The minimum atomic E-state index is -0.444. The number of methoxy groups -OCH3 is 1. The molecule has 0 aromatic heterocycles. The molecule has 6 heteroatoms. The fourth-order valence-electron chi connectivity index (χ4n) is 1.71. The van der Waals surface area contributed by atoms with Gasteiger partial charge in [-0.3, -0.25) is 4.79 Å². The van der Waals surface area contributed by atoms with Crippen molar-refractivity contribution < 1.29 is 19.4 Å². The van der Waals surface area contributed by atoms with Gasteiger partial charge < -0.3 is 14.7 Å². The van der Waals surface area contributed by atoms with Crippen LogP contribution in [0.4, 0.5) is 4.79 Å². The molecule has 1 saturated heterocycles. The maximum absolute atomic E-state index is 11.3. The summed E-state index contributed by atoms with van der Waals surface area (Å²) in [5.41, 5.74) is 0. The van der Waals surface area contributed by atoms with E-state index in [2.05, 4.69) is 4.74 Å². The van der Waals surface area contributed by atoms with Crippen LogP contribution in [0, 0.1) is 0 Å². The molecule has 0 spiro atoms. The van der Waals surface area contributed by atoms with E-state index in [1.165, 1.54) is 30.7 Å². The quantitative estimate of drug-likeness (QED) is 0.751. The highest BCUT2D eigenvalue weighted by molar-refractivity contribution is 8.14.